The largest absolute Gasteiger partial charge is 0.376 e. The highest BCUT2D eigenvalue weighted by Gasteiger charge is 2.36. The summed E-state index contributed by atoms with van der Waals surface area (Å²) in [6.07, 6.45) is 4.41. The Balaban J connectivity index is 1.98. The molecular weight excluding hydrogens is 236 g/mol. The predicted molar refractivity (Wildman–Crippen MR) is 76.8 cm³/mol. The molecule has 0 amide bonds. The maximum absolute atomic E-state index is 6.47. The van der Waals surface area contributed by atoms with Gasteiger partial charge in [-0.2, -0.15) is 0 Å². The van der Waals surface area contributed by atoms with E-state index < -0.39 is 0 Å². The van der Waals surface area contributed by atoms with Crippen LogP contribution in [0.2, 0.25) is 0 Å². The highest BCUT2D eigenvalue weighted by atomic mass is 16.5. The van der Waals surface area contributed by atoms with Crippen LogP contribution in [0.3, 0.4) is 0 Å². The minimum atomic E-state index is -0.0916. The van der Waals surface area contributed by atoms with Crippen LogP contribution >= 0.6 is 0 Å². The second-order valence-electron chi connectivity index (χ2n) is 5.21. The smallest absolute Gasteiger partial charge is 0.0796 e. The molecule has 0 radical (unpaired) electrons. The van der Waals surface area contributed by atoms with E-state index >= 15 is 0 Å². The Hall–Kier alpha value is -1.45. The minimum Gasteiger partial charge on any atom is -0.376 e. The molecule has 100 valence electrons. The number of benzene rings is 1. The fourth-order valence-electron chi connectivity index (χ4n) is 2.72. The zero-order valence-corrected chi connectivity index (χ0v) is 11.3. The third-order valence-corrected chi connectivity index (χ3v) is 3.82. The maximum Gasteiger partial charge on any atom is 0.0796 e. The standard InChI is InChI=1S/C16H20N2O/c1-2-19-16(12-8-9-12)14(17)13-7-3-5-11-6-4-10-18-15(11)13/h3-7,10,12,14,16H,2,8-9,17H2,1H3. The van der Waals surface area contributed by atoms with Gasteiger partial charge in [-0.05, 0) is 37.3 Å². The average molecular weight is 256 g/mol. The molecule has 2 aromatic rings. The fourth-order valence-corrected chi connectivity index (χ4v) is 2.72. The van der Waals surface area contributed by atoms with E-state index in [0.717, 1.165) is 16.5 Å². The number of hydrogen-bond acceptors (Lipinski definition) is 3. The van der Waals surface area contributed by atoms with Crippen molar-refractivity contribution in [3.05, 3.63) is 42.1 Å². The molecule has 1 aromatic carbocycles. The lowest BCUT2D eigenvalue weighted by molar-refractivity contribution is 0.0286. The van der Waals surface area contributed by atoms with Gasteiger partial charge in [0.25, 0.3) is 0 Å². The van der Waals surface area contributed by atoms with Crippen LogP contribution in [0.25, 0.3) is 10.9 Å². The summed E-state index contributed by atoms with van der Waals surface area (Å²) in [6.45, 7) is 2.75. The first kappa shape index (κ1) is 12.6. The molecule has 0 bridgehead atoms. The van der Waals surface area contributed by atoms with Gasteiger partial charge in [0.15, 0.2) is 0 Å². The first-order chi connectivity index (χ1) is 9.31. The SMILES string of the molecule is CCOC(C1CC1)C(N)c1cccc2cccnc12. The molecular formula is C16H20N2O. The van der Waals surface area contributed by atoms with Gasteiger partial charge in [0, 0.05) is 18.2 Å². The highest BCUT2D eigenvalue weighted by molar-refractivity contribution is 5.82. The number of nitrogens with two attached hydrogens (primary N) is 1. The maximum atomic E-state index is 6.47. The first-order valence-electron chi connectivity index (χ1n) is 7.02. The van der Waals surface area contributed by atoms with E-state index in [0.29, 0.717) is 12.5 Å². The number of para-hydroxylation sites is 1. The zero-order valence-electron chi connectivity index (χ0n) is 11.3. The molecule has 1 aliphatic carbocycles. The van der Waals surface area contributed by atoms with Gasteiger partial charge in [0.2, 0.25) is 0 Å². The number of hydrogen-bond donors (Lipinski definition) is 1. The van der Waals surface area contributed by atoms with Gasteiger partial charge in [-0.25, -0.2) is 0 Å². The van der Waals surface area contributed by atoms with Gasteiger partial charge in [-0.1, -0.05) is 24.3 Å². The van der Waals surface area contributed by atoms with Crippen LogP contribution in [-0.4, -0.2) is 17.7 Å². The van der Waals surface area contributed by atoms with E-state index in [4.69, 9.17) is 10.5 Å². The fraction of sp³-hybridized carbons (Fsp3) is 0.438. The second kappa shape index (κ2) is 5.27. The predicted octanol–water partition coefficient (Wildman–Crippen LogP) is 3.05. The van der Waals surface area contributed by atoms with E-state index in [1.807, 2.05) is 19.2 Å². The number of ether oxygens (including phenoxy) is 1. The summed E-state index contributed by atoms with van der Waals surface area (Å²) in [5, 5.41) is 1.14. The Labute approximate surface area is 113 Å². The van der Waals surface area contributed by atoms with Gasteiger partial charge in [0.05, 0.1) is 17.7 Å². The Morgan fingerprint density at radius 1 is 1.32 bits per heavy atom. The van der Waals surface area contributed by atoms with Crippen molar-refractivity contribution in [2.45, 2.75) is 31.9 Å². The van der Waals surface area contributed by atoms with Crippen LogP contribution < -0.4 is 5.73 Å². The van der Waals surface area contributed by atoms with Gasteiger partial charge in [-0.3, -0.25) is 4.98 Å². The second-order valence-corrected chi connectivity index (χ2v) is 5.21. The number of rotatable bonds is 5. The lowest BCUT2D eigenvalue weighted by Crippen LogP contribution is -2.31. The van der Waals surface area contributed by atoms with Gasteiger partial charge < -0.3 is 10.5 Å². The zero-order chi connectivity index (χ0) is 13.2. The molecule has 1 aliphatic rings. The first-order valence-corrected chi connectivity index (χ1v) is 7.02. The summed E-state index contributed by atoms with van der Waals surface area (Å²) in [7, 11) is 0. The van der Waals surface area contributed by atoms with Crippen LogP contribution in [0.5, 0.6) is 0 Å². The van der Waals surface area contributed by atoms with Crippen molar-refractivity contribution in [2.24, 2.45) is 11.7 Å². The normalized spacial score (nSPS) is 18.4. The topological polar surface area (TPSA) is 48.1 Å². The monoisotopic (exact) mass is 256 g/mol. The molecule has 0 spiro atoms. The molecule has 0 aliphatic heterocycles. The molecule has 2 atom stereocenters. The van der Waals surface area contributed by atoms with E-state index in [1.165, 1.54) is 12.8 Å². The number of nitrogens with zero attached hydrogens (tertiary/aromatic N) is 1. The van der Waals surface area contributed by atoms with E-state index in [2.05, 4.69) is 29.2 Å². The molecule has 3 heteroatoms. The van der Waals surface area contributed by atoms with Crippen molar-refractivity contribution in [2.75, 3.05) is 6.61 Å². The third kappa shape index (κ3) is 2.48. The average Bonchev–Trinajstić information content (AvgIpc) is 3.28. The molecule has 1 fully saturated rings. The van der Waals surface area contributed by atoms with Crippen molar-refractivity contribution in [3.63, 3.8) is 0 Å². The van der Waals surface area contributed by atoms with Crippen LogP contribution in [0.4, 0.5) is 0 Å². The van der Waals surface area contributed by atoms with Crippen molar-refractivity contribution < 1.29 is 4.74 Å². The van der Waals surface area contributed by atoms with Gasteiger partial charge >= 0.3 is 0 Å². The van der Waals surface area contributed by atoms with E-state index in [9.17, 15) is 0 Å². The number of fused-ring (bicyclic) bond motifs is 1. The molecule has 2 N–H and O–H groups in total. The quantitative estimate of drug-likeness (QED) is 0.894. The Morgan fingerprint density at radius 3 is 2.84 bits per heavy atom. The van der Waals surface area contributed by atoms with Crippen LogP contribution in [0.15, 0.2) is 36.5 Å². The molecule has 0 saturated heterocycles. The van der Waals surface area contributed by atoms with Gasteiger partial charge in [0.1, 0.15) is 0 Å². The Kier molecular flexibility index (Phi) is 3.49. The molecule has 19 heavy (non-hydrogen) atoms. The minimum absolute atomic E-state index is 0.0916. The lowest BCUT2D eigenvalue weighted by Gasteiger charge is -2.24. The van der Waals surface area contributed by atoms with Crippen molar-refractivity contribution in [1.82, 2.24) is 4.98 Å². The third-order valence-electron chi connectivity index (χ3n) is 3.82. The summed E-state index contributed by atoms with van der Waals surface area (Å²) in [5.74, 6) is 0.619. The summed E-state index contributed by atoms with van der Waals surface area (Å²) < 4.78 is 5.88. The van der Waals surface area contributed by atoms with E-state index in [-0.39, 0.29) is 12.1 Å². The molecule has 2 unspecified atom stereocenters. The molecule has 3 rings (SSSR count). The molecule has 1 saturated carbocycles. The summed E-state index contributed by atoms with van der Waals surface area (Å²) in [5.41, 5.74) is 8.57. The summed E-state index contributed by atoms with van der Waals surface area (Å²) in [4.78, 5) is 4.49. The molecule has 1 aromatic heterocycles. The number of aromatic nitrogens is 1. The summed E-state index contributed by atoms with van der Waals surface area (Å²) >= 11 is 0. The lowest BCUT2D eigenvalue weighted by atomic mass is 9.96. The number of pyridine rings is 1. The van der Waals surface area contributed by atoms with Crippen LogP contribution in [-0.2, 0) is 4.74 Å². The molecule has 1 heterocycles. The Bertz CT molecular complexity index is 560. The molecule has 3 nitrogen and oxygen atoms in total. The van der Waals surface area contributed by atoms with Crippen molar-refractivity contribution >= 4 is 10.9 Å². The van der Waals surface area contributed by atoms with Crippen LogP contribution in [0, 0.1) is 5.92 Å². The van der Waals surface area contributed by atoms with Crippen molar-refractivity contribution in [1.29, 1.82) is 0 Å². The van der Waals surface area contributed by atoms with Crippen LogP contribution in [0.1, 0.15) is 31.4 Å². The summed E-state index contributed by atoms with van der Waals surface area (Å²) in [6, 6.07) is 10.1. The van der Waals surface area contributed by atoms with Crippen molar-refractivity contribution in [3.8, 4) is 0 Å². The Morgan fingerprint density at radius 2 is 2.11 bits per heavy atom. The van der Waals surface area contributed by atoms with Gasteiger partial charge in [-0.15, -0.1) is 0 Å². The van der Waals surface area contributed by atoms with E-state index in [1.54, 1.807) is 0 Å². The highest BCUT2D eigenvalue weighted by Crippen LogP contribution is 2.40.